The Kier molecular flexibility index (Phi) is 9.38. The Morgan fingerprint density at radius 3 is 2.47 bits per heavy atom. The second-order valence-corrected chi connectivity index (χ2v) is 10.1. The highest BCUT2D eigenvalue weighted by Crippen LogP contribution is 2.32. The van der Waals surface area contributed by atoms with Gasteiger partial charge in [0.15, 0.2) is 5.76 Å². The molecule has 2 aliphatic heterocycles. The fraction of sp³-hybridized carbons (Fsp3) is 0.444. The zero-order valence-corrected chi connectivity index (χ0v) is 21.6. The number of unbranched alkanes of at least 4 members (excludes halogenated alkanes) is 1. The molecule has 0 spiro atoms. The number of amides is 1. The van der Waals surface area contributed by atoms with Crippen molar-refractivity contribution in [1.29, 1.82) is 0 Å². The number of hydrogen-bond acceptors (Lipinski definition) is 5. The molecule has 2 aromatic carbocycles. The normalized spacial score (nSPS) is 21.1. The Bertz CT molecular complexity index is 943. The average molecular weight is 576 g/mol. The maximum atomic E-state index is 13.4. The van der Waals surface area contributed by atoms with Gasteiger partial charge in [-0.25, -0.2) is 0 Å². The molecule has 0 radical (unpaired) electrons. The lowest BCUT2D eigenvalue weighted by Crippen LogP contribution is -2.49. The van der Waals surface area contributed by atoms with Crippen molar-refractivity contribution in [2.45, 2.75) is 38.0 Å². The number of rotatable bonds is 9. The Labute approximate surface area is 215 Å². The van der Waals surface area contributed by atoms with E-state index in [-0.39, 0.29) is 18.4 Å². The van der Waals surface area contributed by atoms with Gasteiger partial charge in [0.2, 0.25) is 6.29 Å². The summed E-state index contributed by atoms with van der Waals surface area (Å²) < 4.78 is 13.2. The largest absolute Gasteiger partial charge is 0.459 e. The van der Waals surface area contributed by atoms with E-state index in [9.17, 15) is 4.79 Å². The van der Waals surface area contributed by atoms with Crippen LogP contribution in [0, 0.1) is 3.57 Å². The third-order valence-electron chi connectivity index (χ3n) is 6.33. The number of carbonyl (C=O) groups excluding carboxylic acids is 1. The highest BCUT2D eigenvalue weighted by Gasteiger charge is 2.32. The zero-order valence-electron chi connectivity index (χ0n) is 19.4. The predicted molar refractivity (Wildman–Crippen MR) is 140 cm³/mol. The van der Waals surface area contributed by atoms with E-state index < -0.39 is 6.29 Å². The van der Waals surface area contributed by atoms with Crippen LogP contribution >= 0.6 is 22.6 Å². The van der Waals surface area contributed by atoms with Crippen molar-refractivity contribution in [3.8, 4) is 0 Å². The molecule has 0 aliphatic carbocycles. The quantitative estimate of drug-likeness (QED) is 0.360. The van der Waals surface area contributed by atoms with Gasteiger partial charge in [0.1, 0.15) is 0 Å². The van der Waals surface area contributed by atoms with E-state index in [1.54, 1.807) is 0 Å². The summed E-state index contributed by atoms with van der Waals surface area (Å²) in [5.74, 6) is 0.393. The lowest BCUT2D eigenvalue weighted by molar-refractivity contribution is -0.154. The standard InChI is InChI=1S/C27H33IN2O4/c28-24-10-8-22(9-11-24)23-18-25(34-26(19-23)33-17-5-4-16-31)27(32)30-14-12-29(13-15-30)20-21-6-2-1-3-7-21/h1-3,6-11,18,23,26,31H,4-5,12-17,19-20H2/t23-,26+/m0/s1. The number of ether oxygens (including phenoxy) is 2. The summed E-state index contributed by atoms with van der Waals surface area (Å²) in [6.07, 6.45) is 3.63. The van der Waals surface area contributed by atoms with Crippen LogP contribution in [0.3, 0.4) is 0 Å². The maximum absolute atomic E-state index is 13.4. The van der Waals surface area contributed by atoms with E-state index in [0.717, 1.165) is 31.6 Å². The summed E-state index contributed by atoms with van der Waals surface area (Å²) >= 11 is 2.30. The average Bonchev–Trinajstić information content (AvgIpc) is 2.87. The molecule has 182 valence electrons. The van der Waals surface area contributed by atoms with Gasteiger partial charge in [-0.1, -0.05) is 42.5 Å². The number of halogens is 1. The first-order chi connectivity index (χ1) is 16.6. The lowest BCUT2D eigenvalue weighted by atomic mass is 9.93. The first-order valence-electron chi connectivity index (χ1n) is 12.0. The highest BCUT2D eigenvalue weighted by molar-refractivity contribution is 14.1. The number of allylic oxidation sites excluding steroid dienone is 1. The van der Waals surface area contributed by atoms with Gasteiger partial charge in [-0.05, 0) is 64.8 Å². The summed E-state index contributed by atoms with van der Waals surface area (Å²) in [4.78, 5) is 17.7. The van der Waals surface area contributed by atoms with Crippen molar-refractivity contribution < 1.29 is 19.4 Å². The smallest absolute Gasteiger partial charge is 0.288 e. The minimum Gasteiger partial charge on any atom is -0.459 e. The molecule has 1 amide bonds. The summed E-state index contributed by atoms with van der Waals surface area (Å²) in [6, 6.07) is 18.8. The molecule has 0 unspecified atom stereocenters. The van der Waals surface area contributed by atoms with Crippen LogP contribution in [-0.4, -0.2) is 66.5 Å². The van der Waals surface area contributed by atoms with Crippen LogP contribution < -0.4 is 0 Å². The van der Waals surface area contributed by atoms with Crippen molar-refractivity contribution in [2.75, 3.05) is 39.4 Å². The summed E-state index contributed by atoms with van der Waals surface area (Å²) in [5, 5.41) is 9.03. The molecule has 4 rings (SSSR count). The van der Waals surface area contributed by atoms with E-state index in [0.29, 0.717) is 38.3 Å². The summed E-state index contributed by atoms with van der Waals surface area (Å²) in [6.45, 7) is 4.61. The second kappa shape index (κ2) is 12.7. The van der Waals surface area contributed by atoms with Crippen LogP contribution in [0.5, 0.6) is 0 Å². The second-order valence-electron chi connectivity index (χ2n) is 8.83. The van der Waals surface area contributed by atoms with Gasteiger partial charge in [0, 0.05) is 55.2 Å². The van der Waals surface area contributed by atoms with Gasteiger partial charge in [-0.3, -0.25) is 9.69 Å². The van der Waals surface area contributed by atoms with Gasteiger partial charge in [0.25, 0.3) is 5.91 Å². The molecule has 0 bridgehead atoms. The van der Waals surface area contributed by atoms with Crippen LogP contribution in [0.4, 0.5) is 0 Å². The summed E-state index contributed by atoms with van der Waals surface area (Å²) in [7, 11) is 0. The van der Waals surface area contributed by atoms with Gasteiger partial charge in [-0.15, -0.1) is 0 Å². The van der Waals surface area contributed by atoms with Crippen LogP contribution in [0.1, 0.15) is 36.3 Å². The van der Waals surface area contributed by atoms with Gasteiger partial charge < -0.3 is 19.5 Å². The van der Waals surface area contributed by atoms with Crippen molar-refractivity contribution >= 4 is 28.5 Å². The molecule has 1 N–H and O–H groups in total. The Morgan fingerprint density at radius 1 is 1.03 bits per heavy atom. The van der Waals surface area contributed by atoms with Gasteiger partial charge >= 0.3 is 0 Å². The molecule has 7 heteroatoms. The number of aliphatic hydroxyl groups excluding tert-OH is 1. The van der Waals surface area contributed by atoms with E-state index in [1.165, 1.54) is 9.13 Å². The molecule has 6 nitrogen and oxygen atoms in total. The van der Waals surface area contributed by atoms with Crippen molar-refractivity contribution in [3.63, 3.8) is 0 Å². The van der Waals surface area contributed by atoms with Crippen LogP contribution in [0.15, 0.2) is 66.4 Å². The monoisotopic (exact) mass is 576 g/mol. The SMILES string of the molecule is O=C(C1=C[C@H](c2ccc(I)cc2)C[C@H](OCCCCO)O1)N1CCN(Cc2ccccc2)CC1. The first-order valence-corrected chi connectivity index (χ1v) is 13.1. The molecule has 1 fully saturated rings. The van der Waals surface area contributed by atoms with Crippen molar-refractivity contribution in [3.05, 3.63) is 81.1 Å². The number of carbonyl (C=O) groups is 1. The third kappa shape index (κ3) is 7.04. The number of aliphatic hydroxyl groups is 1. The molecule has 2 atom stereocenters. The van der Waals surface area contributed by atoms with Crippen LogP contribution in [0.25, 0.3) is 0 Å². The summed E-state index contributed by atoms with van der Waals surface area (Å²) in [5.41, 5.74) is 2.45. The molecular formula is C27H33IN2O4. The molecule has 2 heterocycles. The third-order valence-corrected chi connectivity index (χ3v) is 7.05. The van der Waals surface area contributed by atoms with E-state index in [1.807, 2.05) is 17.0 Å². The molecular weight excluding hydrogens is 543 g/mol. The maximum Gasteiger partial charge on any atom is 0.288 e. The lowest BCUT2D eigenvalue weighted by Gasteiger charge is -2.36. The van der Waals surface area contributed by atoms with Crippen LogP contribution in [0.2, 0.25) is 0 Å². The number of benzene rings is 2. The topological polar surface area (TPSA) is 62.2 Å². The van der Waals surface area contributed by atoms with Crippen molar-refractivity contribution in [1.82, 2.24) is 9.80 Å². The highest BCUT2D eigenvalue weighted by atomic mass is 127. The minimum absolute atomic E-state index is 0.0569. The Morgan fingerprint density at radius 2 is 1.76 bits per heavy atom. The number of piperazine rings is 1. The van der Waals surface area contributed by atoms with Gasteiger partial charge in [0.05, 0.1) is 6.61 Å². The fourth-order valence-electron chi connectivity index (χ4n) is 4.39. The van der Waals surface area contributed by atoms with Crippen LogP contribution in [-0.2, 0) is 20.8 Å². The number of nitrogens with zero attached hydrogens (tertiary/aromatic N) is 2. The Balaban J connectivity index is 1.40. The fourth-order valence-corrected chi connectivity index (χ4v) is 4.75. The Hall–Kier alpha value is -1.94. The molecule has 0 saturated carbocycles. The van der Waals surface area contributed by atoms with Crippen molar-refractivity contribution in [2.24, 2.45) is 0 Å². The molecule has 2 aromatic rings. The van der Waals surface area contributed by atoms with E-state index >= 15 is 0 Å². The van der Waals surface area contributed by atoms with E-state index in [4.69, 9.17) is 14.6 Å². The molecule has 0 aromatic heterocycles. The van der Waals surface area contributed by atoms with Gasteiger partial charge in [-0.2, -0.15) is 0 Å². The zero-order chi connectivity index (χ0) is 23.8. The predicted octanol–water partition coefficient (Wildman–Crippen LogP) is 4.14. The van der Waals surface area contributed by atoms with E-state index in [2.05, 4.69) is 76.0 Å². The molecule has 34 heavy (non-hydrogen) atoms. The number of hydrogen-bond donors (Lipinski definition) is 1. The molecule has 2 aliphatic rings. The first kappa shape index (κ1) is 25.2. The minimum atomic E-state index is -0.466. The molecule has 1 saturated heterocycles.